The Balaban J connectivity index is 3.26. The number of hydrogen-bond acceptors (Lipinski definition) is 1. The molecule has 0 radical (unpaired) electrons. The van der Waals surface area contributed by atoms with E-state index >= 15 is 0 Å². The van der Waals surface area contributed by atoms with Gasteiger partial charge in [-0.25, -0.2) is 0 Å². The number of carbonyl (C=O) groups excluding carboxylic acids is 1. The molecular weight excluding hydrogens is 308 g/mol. The number of halogens is 2. The molecule has 0 spiro atoms. The maximum absolute atomic E-state index is 14.4. The van der Waals surface area contributed by atoms with Crippen molar-refractivity contribution in [2.75, 3.05) is 11.4 Å². The summed E-state index contributed by atoms with van der Waals surface area (Å²) in [6.07, 6.45) is 2.34. The summed E-state index contributed by atoms with van der Waals surface area (Å²) in [6.45, 7) is 8.09. The van der Waals surface area contributed by atoms with Gasteiger partial charge < -0.3 is 0 Å². The summed E-state index contributed by atoms with van der Waals surface area (Å²) < 4.78 is 27.7. The molecule has 0 bridgehead atoms. The number of amides is 1. The van der Waals surface area contributed by atoms with Gasteiger partial charge >= 0.3 is 137 Å². The molecule has 0 unspecified atom stereocenters. The summed E-state index contributed by atoms with van der Waals surface area (Å²) in [5, 5.41) is 0. The summed E-state index contributed by atoms with van der Waals surface area (Å²) in [4.78, 5) is 14.2. The quantitative estimate of drug-likeness (QED) is 0.728. The third kappa shape index (κ3) is 4.13. The maximum atomic E-state index is 14.4. The van der Waals surface area contributed by atoms with Crippen LogP contribution in [0.3, 0.4) is 0 Å². The average Bonchev–Trinajstić information content (AvgIpc) is 2.46. The molecule has 115 valence electrons. The van der Waals surface area contributed by atoms with Crippen LogP contribution in [0.1, 0.15) is 47.0 Å². The van der Waals surface area contributed by atoms with Crippen LogP contribution in [0.25, 0.3) is 0 Å². The molecule has 5 heteroatoms. The van der Waals surface area contributed by atoms with E-state index in [1.165, 1.54) is 37.5 Å². The van der Waals surface area contributed by atoms with Gasteiger partial charge in [0, 0.05) is 0 Å². The van der Waals surface area contributed by atoms with Gasteiger partial charge in [-0.1, -0.05) is 0 Å². The SMILES string of the molecule is CCCCN(C(=O)C(C)(C)CC)c1ccc(F)[c]([Ti])c1F. The van der Waals surface area contributed by atoms with E-state index in [4.69, 9.17) is 0 Å². The van der Waals surface area contributed by atoms with Gasteiger partial charge in [-0.15, -0.1) is 0 Å². The Labute approximate surface area is 137 Å². The number of rotatable bonds is 6. The van der Waals surface area contributed by atoms with Crippen LogP contribution >= 0.6 is 0 Å². The molecule has 2 nitrogen and oxygen atoms in total. The van der Waals surface area contributed by atoms with Crippen molar-refractivity contribution in [1.82, 2.24) is 0 Å². The van der Waals surface area contributed by atoms with E-state index in [1.807, 2.05) is 27.7 Å². The zero-order valence-corrected chi connectivity index (χ0v) is 14.7. The van der Waals surface area contributed by atoms with Crippen molar-refractivity contribution in [3.63, 3.8) is 0 Å². The predicted octanol–water partition coefficient (Wildman–Crippen LogP) is 3.71. The summed E-state index contributed by atoms with van der Waals surface area (Å²) in [6, 6.07) is 2.58. The Morgan fingerprint density at radius 1 is 1.29 bits per heavy atom. The molecule has 1 aromatic rings. The standard InChI is InChI=1S/C16H22F2NO.Ti/c1-5-7-10-19(15(20)16(3,4)6-2)14-9-8-12(17)11-13(14)18;/h8-9H,5-7,10H2,1-4H3;. The number of nitrogens with zero attached hydrogens (tertiary/aromatic N) is 1. The van der Waals surface area contributed by atoms with Gasteiger partial charge in [-0.3, -0.25) is 0 Å². The topological polar surface area (TPSA) is 20.3 Å². The summed E-state index contributed by atoms with van der Waals surface area (Å²) in [5.74, 6) is -1.36. The van der Waals surface area contributed by atoms with Crippen LogP contribution < -0.4 is 8.77 Å². The fourth-order valence-corrected chi connectivity index (χ4v) is 2.24. The molecule has 0 atom stereocenters. The van der Waals surface area contributed by atoms with Crippen LogP contribution in [0, 0.1) is 17.0 Å². The van der Waals surface area contributed by atoms with Crippen molar-refractivity contribution < 1.29 is 34.0 Å². The Morgan fingerprint density at radius 3 is 2.43 bits per heavy atom. The Morgan fingerprint density at radius 2 is 1.90 bits per heavy atom. The normalized spacial score (nSPS) is 11.5. The van der Waals surface area contributed by atoms with Crippen molar-refractivity contribution in [2.45, 2.75) is 47.0 Å². The Bertz CT molecular complexity index is 517. The molecule has 0 aliphatic rings. The molecular formula is C16H22F2NOTi. The van der Waals surface area contributed by atoms with Crippen molar-refractivity contribution in [2.24, 2.45) is 5.41 Å². The van der Waals surface area contributed by atoms with E-state index in [-0.39, 0.29) is 15.5 Å². The summed E-state index contributed by atoms with van der Waals surface area (Å²) >= 11 is 1.39. The fraction of sp³-hybridized carbons (Fsp3) is 0.562. The van der Waals surface area contributed by atoms with Crippen molar-refractivity contribution >= 4 is 15.5 Å². The van der Waals surface area contributed by atoms with Crippen molar-refractivity contribution in [3.8, 4) is 0 Å². The number of carbonyl (C=O) groups is 1. The molecule has 0 aliphatic carbocycles. The predicted molar refractivity (Wildman–Crippen MR) is 77.3 cm³/mol. The average molecular weight is 330 g/mol. The number of benzene rings is 1. The van der Waals surface area contributed by atoms with Crippen LogP contribution in [-0.4, -0.2) is 12.5 Å². The van der Waals surface area contributed by atoms with Crippen molar-refractivity contribution in [1.29, 1.82) is 0 Å². The molecule has 0 saturated heterocycles. The van der Waals surface area contributed by atoms with Gasteiger partial charge in [0.15, 0.2) is 0 Å². The van der Waals surface area contributed by atoms with Gasteiger partial charge in [0.1, 0.15) is 0 Å². The number of anilines is 1. The minimum absolute atomic E-state index is 0.0453. The van der Waals surface area contributed by atoms with Crippen molar-refractivity contribution in [3.05, 3.63) is 23.8 Å². The van der Waals surface area contributed by atoms with E-state index in [0.29, 0.717) is 13.0 Å². The monoisotopic (exact) mass is 330 g/mol. The van der Waals surface area contributed by atoms with E-state index in [2.05, 4.69) is 0 Å². The Kier molecular flexibility index (Phi) is 6.54. The molecule has 1 rings (SSSR count). The second kappa shape index (κ2) is 7.50. The molecule has 1 aromatic carbocycles. The van der Waals surface area contributed by atoms with Gasteiger partial charge in [0.05, 0.1) is 0 Å². The first kappa shape index (κ1) is 18.3. The van der Waals surface area contributed by atoms with E-state index in [9.17, 15) is 13.6 Å². The first-order valence-electron chi connectivity index (χ1n) is 7.27. The zero-order valence-electron chi connectivity index (χ0n) is 13.1. The minimum atomic E-state index is -0.647. The van der Waals surface area contributed by atoms with Gasteiger partial charge in [0.2, 0.25) is 0 Å². The van der Waals surface area contributed by atoms with Crippen LogP contribution in [0.2, 0.25) is 0 Å². The molecule has 0 fully saturated rings. The third-order valence-corrected chi connectivity index (χ3v) is 4.52. The van der Waals surface area contributed by atoms with Gasteiger partial charge in [-0.05, 0) is 0 Å². The second-order valence-corrected chi connectivity index (χ2v) is 6.58. The van der Waals surface area contributed by atoms with E-state index < -0.39 is 17.0 Å². The summed E-state index contributed by atoms with van der Waals surface area (Å²) in [7, 11) is 0. The van der Waals surface area contributed by atoms with Gasteiger partial charge in [-0.2, -0.15) is 0 Å². The zero-order chi connectivity index (χ0) is 16.2. The third-order valence-electron chi connectivity index (χ3n) is 3.80. The molecule has 0 heterocycles. The molecule has 1 amide bonds. The van der Waals surface area contributed by atoms with Crippen LogP contribution in [0.4, 0.5) is 14.5 Å². The van der Waals surface area contributed by atoms with E-state index in [1.54, 1.807) is 0 Å². The first-order valence-corrected chi connectivity index (χ1v) is 8.05. The molecule has 0 aromatic heterocycles. The van der Waals surface area contributed by atoms with Crippen LogP contribution in [-0.2, 0) is 25.2 Å². The molecule has 0 N–H and O–H groups in total. The second-order valence-electron chi connectivity index (χ2n) is 5.80. The molecule has 21 heavy (non-hydrogen) atoms. The summed E-state index contributed by atoms with van der Waals surface area (Å²) in [5.41, 5.74) is -0.392. The van der Waals surface area contributed by atoms with E-state index in [0.717, 1.165) is 12.8 Å². The fourth-order valence-electron chi connectivity index (χ4n) is 1.91. The Hall–Kier alpha value is -0.736. The number of unbranched alkanes of at least 4 members (excludes halogenated alkanes) is 1. The first-order chi connectivity index (χ1) is 9.76. The van der Waals surface area contributed by atoms with Gasteiger partial charge in [0.25, 0.3) is 0 Å². The van der Waals surface area contributed by atoms with Crippen LogP contribution in [0.15, 0.2) is 12.1 Å². The molecule has 0 aliphatic heterocycles. The van der Waals surface area contributed by atoms with Crippen LogP contribution in [0.5, 0.6) is 0 Å². The number of hydrogen-bond donors (Lipinski definition) is 0. The molecule has 0 saturated carbocycles.